The highest BCUT2D eigenvalue weighted by Crippen LogP contribution is 2.20. The number of pyridine rings is 1. The van der Waals surface area contributed by atoms with Gasteiger partial charge in [0.2, 0.25) is 0 Å². The van der Waals surface area contributed by atoms with Crippen LogP contribution in [0.15, 0.2) is 59.2 Å². The van der Waals surface area contributed by atoms with Gasteiger partial charge in [0.05, 0.1) is 5.52 Å². The predicted molar refractivity (Wildman–Crippen MR) is 88.9 cm³/mol. The van der Waals surface area contributed by atoms with Gasteiger partial charge in [0, 0.05) is 33.1 Å². The van der Waals surface area contributed by atoms with Crippen molar-refractivity contribution >= 4 is 44.2 Å². The Morgan fingerprint density at radius 2 is 2.00 bits per heavy atom. The number of halogens is 2. The molecule has 3 aromatic rings. The van der Waals surface area contributed by atoms with Crippen LogP contribution in [0.2, 0.25) is 5.02 Å². The lowest BCUT2D eigenvalue weighted by molar-refractivity contribution is 0.0993. The van der Waals surface area contributed by atoms with Crippen molar-refractivity contribution in [3.05, 3.63) is 75.4 Å². The Labute approximate surface area is 135 Å². The molecule has 3 rings (SSSR count). The van der Waals surface area contributed by atoms with Gasteiger partial charge in [0.25, 0.3) is 0 Å². The number of Topliss-reactive ketones (excluding diaryl/α,β-unsaturated/α-hetero) is 1. The second-order valence-electron chi connectivity index (χ2n) is 4.79. The molecule has 4 heteroatoms. The van der Waals surface area contributed by atoms with E-state index in [4.69, 9.17) is 11.6 Å². The molecule has 0 amide bonds. The summed E-state index contributed by atoms with van der Waals surface area (Å²) < 4.78 is 0.924. The Morgan fingerprint density at radius 1 is 1.14 bits per heavy atom. The Kier molecular flexibility index (Phi) is 4.04. The molecule has 1 aromatic heterocycles. The second kappa shape index (κ2) is 5.96. The zero-order valence-corrected chi connectivity index (χ0v) is 13.4. The van der Waals surface area contributed by atoms with Crippen molar-refractivity contribution in [1.82, 2.24) is 4.98 Å². The largest absolute Gasteiger partial charge is 0.294 e. The Balaban J connectivity index is 1.89. The normalized spacial score (nSPS) is 10.8. The third-order valence-electron chi connectivity index (χ3n) is 3.22. The summed E-state index contributed by atoms with van der Waals surface area (Å²) in [6, 6.07) is 14.9. The van der Waals surface area contributed by atoms with Crippen molar-refractivity contribution in [2.24, 2.45) is 0 Å². The van der Waals surface area contributed by atoms with Gasteiger partial charge < -0.3 is 0 Å². The smallest absolute Gasteiger partial charge is 0.167 e. The maximum Gasteiger partial charge on any atom is 0.167 e. The molecule has 0 saturated carbocycles. The number of nitrogens with zero attached hydrogens (tertiary/aromatic N) is 1. The van der Waals surface area contributed by atoms with E-state index in [1.54, 1.807) is 30.5 Å². The third-order valence-corrected chi connectivity index (χ3v) is 3.89. The van der Waals surface area contributed by atoms with Crippen molar-refractivity contribution in [1.29, 1.82) is 0 Å². The summed E-state index contributed by atoms with van der Waals surface area (Å²) in [5, 5.41) is 1.59. The van der Waals surface area contributed by atoms with E-state index < -0.39 is 0 Å². The van der Waals surface area contributed by atoms with Gasteiger partial charge in [-0.1, -0.05) is 29.8 Å². The van der Waals surface area contributed by atoms with Crippen LogP contribution in [-0.4, -0.2) is 10.8 Å². The van der Waals surface area contributed by atoms with Crippen LogP contribution in [0.25, 0.3) is 10.9 Å². The molecule has 0 N–H and O–H groups in total. The van der Waals surface area contributed by atoms with Crippen molar-refractivity contribution in [3.63, 3.8) is 0 Å². The molecule has 0 bridgehead atoms. The van der Waals surface area contributed by atoms with Gasteiger partial charge in [-0.3, -0.25) is 9.78 Å². The summed E-state index contributed by atoms with van der Waals surface area (Å²) in [4.78, 5) is 16.6. The van der Waals surface area contributed by atoms with E-state index in [2.05, 4.69) is 20.9 Å². The van der Waals surface area contributed by atoms with Crippen LogP contribution in [0.4, 0.5) is 0 Å². The number of carbonyl (C=O) groups is 1. The molecular weight excluding hydrogens is 350 g/mol. The molecule has 2 aromatic carbocycles. The van der Waals surface area contributed by atoms with Gasteiger partial charge in [-0.2, -0.15) is 0 Å². The zero-order chi connectivity index (χ0) is 14.8. The van der Waals surface area contributed by atoms with Crippen LogP contribution in [-0.2, 0) is 6.42 Å². The highest BCUT2D eigenvalue weighted by atomic mass is 79.9. The van der Waals surface area contributed by atoms with Gasteiger partial charge in [0.1, 0.15) is 0 Å². The molecule has 0 aliphatic rings. The Morgan fingerprint density at radius 3 is 2.81 bits per heavy atom. The minimum Gasteiger partial charge on any atom is -0.294 e. The van der Waals surface area contributed by atoms with Crippen LogP contribution in [0, 0.1) is 0 Å². The first kappa shape index (κ1) is 14.2. The minimum atomic E-state index is 0.0554. The topological polar surface area (TPSA) is 30.0 Å². The molecule has 0 atom stereocenters. The van der Waals surface area contributed by atoms with E-state index in [1.807, 2.05) is 24.3 Å². The van der Waals surface area contributed by atoms with Crippen molar-refractivity contribution in [2.75, 3.05) is 0 Å². The van der Waals surface area contributed by atoms with Gasteiger partial charge in [0.15, 0.2) is 5.78 Å². The molecule has 0 aliphatic carbocycles. The number of ketones is 1. The maximum absolute atomic E-state index is 12.3. The Bertz CT molecular complexity index is 832. The predicted octanol–water partition coefficient (Wildman–Crippen LogP) is 5.08. The molecule has 0 unspecified atom stereocenters. The van der Waals surface area contributed by atoms with Crippen LogP contribution in [0.1, 0.15) is 15.9 Å². The van der Waals surface area contributed by atoms with Crippen LogP contribution in [0.5, 0.6) is 0 Å². The van der Waals surface area contributed by atoms with E-state index in [0.29, 0.717) is 17.0 Å². The molecule has 21 heavy (non-hydrogen) atoms. The number of rotatable bonds is 3. The van der Waals surface area contributed by atoms with Gasteiger partial charge >= 0.3 is 0 Å². The molecule has 1 heterocycles. The average Bonchev–Trinajstić information content (AvgIpc) is 2.46. The summed E-state index contributed by atoms with van der Waals surface area (Å²) in [7, 11) is 0. The molecule has 104 valence electrons. The highest BCUT2D eigenvalue weighted by Gasteiger charge is 2.08. The molecule has 2 nitrogen and oxygen atoms in total. The first-order valence-corrected chi connectivity index (χ1v) is 7.62. The van der Waals surface area contributed by atoms with E-state index in [-0.39, 0.29) is 5.78 Å². The van der Waals surface area contributed by atoms with Crippen molar-refractivity contribution in [2.45, 2.75) is 6.42 Å². The zero-order valence-electron chi connectivity index (χ0n) is 11.0. The molecule has 0 radical (unpaired) electrons. The monoisotopic (exact) mass is 359 g/mol. The molecule has 0 fully saturated rings. The van der Waals surface area contributed by atoms with Crippen LogP contribution in [0.3, 0.4) is 0 Å². The summed E-state index contributed by atoms with van der Waals surface area (Å²) in [6.45, 7) is 0. The van der Waals surface area contributed by atoms with E-state index in [9.17, 15) is 4.79 Å². The lowest BCUT2D eigenvalue weighted by atomic mass is 10.0. The summed E-state index contributed by atoms with van der Waals surface area (Å²) in [5.74, 6) is 0.0554. The van der Waals surface area contributed by atoms with Crippen molar-refractivity contribution < 1.29 is 4.79 Å². The molecule has 0 aliphatic heterocycles. The van der Waals surface area contributed by atoms with E-state index in [0.717, 1.165) is 20.9 Å². The molecule has 0 spiro atoms. The highest BCUT2D eigenvalue weighted by molar-refractivity contribution is 9.10. The SMILES string of the molecule is O=C(Cc1ccc2ncc(Br)cc2c1)c1cccc(Cl)c1. The fourth-order valence-electron chi connectivity index (χ4n) is 2.21. The van der Waals surface area contributed by atoms with Crippen LogP contribution < -0.4 is 0 Å². The number of fused-ring (bicyclic) bond motifs is 1. The number of hydrogen-bond donors (Lipinski definition) is 0. The van der Waals surface area contributed by atoms with Gasteiger partial charge in [-0.05, 0) is 51.8 Å². The molecular formula is C17H11BrClNO. The first-order valence-electron chi connectivity index (χ1n) is 6.45. The lowest BCUT2D eigenvalue weighted by Crippen LogP contribution is -2.03. The minimum absolute atomic E-state index is 0.0554. The van der Waals surface area contributed by atoms with Gasteiger partial charge in [-0.15, -0.1) is 0 Å². The number of carbonyl (C=O) groups excluding carboxylic acids is 1. The summed E-state index contributed by atoms with van der Waals surface area (Å²) >= 11 is 9.33. The fraction of sp³-hybridized carbons (Fsp3) is 0.0588. The van der Waals surface area contributed by atoms with E-state index in [1.165, 1.54) is 0 Å². The third kappa shape index (κ3) is 3.31. The lowest BCUT2D eigenvalue weighted by Gasteiger charge is -2.04. The van der Waals surface area contributed by atoms with Crippen molar-refractivity contribution in [3.8, 4) is 0 Å². The second-order valence-corrected chi connectivity index (χ2v) is 6.14. The van der Waals surface area contributed by atoms with Crippen LogP contribution >= 0.6 is 27.5 Å². The number of benzene rings is 2. The quantitative estimate of drug-likeness (QED) is 0.610. The van der Waals surface area contributed by atoms with E-state index >= 15 is 0 Å². The average molecular weight is 361 g/mol. The number of hydrogen-bond acceptors (Lipinski definition) is 2. The van der Waals surface area contributed by atoms with Gasteiger partial charge in [-0.25, -0.2) is 0 Å². The summed E-state index contributed by atoms with van der Waals surface area (Å²) in [6.07, 6.45) is 2.11. The first-order chi connectivity index (χ1) is 10.1. The number of aromatic nitrogens is 1. The maximum atomic E-state index is 12.3. The Hall–Kier alpha value is -1.71. The summed E-state index contributed by atoms with van der Waals surface area (Å²) in [5.41, 5.74) is 2.51. The standard InChI is InChI=1S/C17H11BrClNO/c18-14-8-13-6-11(4-5-16(13)20-10-14)7-17(21)12-2-1-3-15(19)9-12/h1-6,8-10H,7H2. The molecule has 0 saturated heterocycles. The fourth-order valence-corrected chi connectivity index (χ4v) is 2.75.